The minimum absolute atomic E-state index is 0. The predicted octanol–water partition coefficient (Wildman–Crippen LogP) is 0.810. The molecule has 90 valence electrons. The van der Waals surface area contributed by atoms with Crippen LogP contribution in [0.2, 0.25) is 0 Å². The molecule has 17 heavy (non-hydrogen) atoms. The van der Waals surface area contributed by atoms with E-state index in [9.17, 15) is 4.79 Å². The first-order valence-electron chi connectivity index (χ1n) is 5.03. The molecule has 0 aliphatic carbocycles. The van der Waals surface area contributed by atoms with E-state index >= 15 is 0 Å². The van der Waals surface area contributed by atoms with E-state index in [2.05, 4.69) is 15.3 Å². The van der Waals surface area contributed by atoms with Crippen LogP contribution in [0.15, 0.2) is 24.8 Å². The Morgan fingerprint density at radius 1 is 1.53 bits per heavy atom. The molecule has 0 amide bonds. The molecule has 2 aromatic heterocycles. The van der Waals surface area contributed by atoms with Crippen LogP contribution in [0.25, 0.3) is 11.0 Å². The topological polar surface area (TPSA) is 69.0 Å². The second kappa shape index (κ2) is 4.68. The standard InChI is InChI=1S/C10H10N4O2.ClH/c15-10(16-8-4-11-5-8)14-2-1-7-3-12-6-13-9(7)14;/h1-3,6,8,11H,4-5H2;1H. The third kappa shape index (κ3) is 2.09. The van der Waals surface area contributed by atoms with Crippen molar-refractivity contribution >= 4 is 29.5 Å². The number of hydrogen-bond donors (Lipinski definition) is 1. The Morgan fingerprint density at radius 2 is 2.35 bits per heavy atom. The summed E-state index contributed by atoms with van der Waals surface area (Å²) in [6.07, 6.45) is 4.31. The van der Waals surface area contributed by atoms with E-state index in [4.69, 9.17) is 4.74 Å². The average molecular weight is 255 g/mol. The number of ether oxygens (including phenoxy) is 1. The van der Waals surface area contributed by atoms with Gasteiger partial charge in [0.25, 0.3) is 0 Å². The van der Waals surface area contributed by atoms with E-state index in [1.165, 1.54) is 10.9 Å². The Hall–Kier alpha value is -1.66. The summed E-state index contributed by atoms with van der Waals surface area (Å²) in [4.78, 5) is 19.7. The van der Waals surface area contributed by atoms with Crippen molar-refractivity contribution in [1.82, 2.24) is 19.9 Å². The van der Waals surface area contributed by atoms with Crippen LogP contribution in [0, 0.1) is 0 Å². The predicted molar refractivity (Wildman–Crippen MR) is 63.3 cm³/mol. The molecule has 6 nitrogen and oxygen atoms in total. The molecule has 7 heteroatoms. The van der Waals surface area contributed by atoms with Gasteiger partial charge in [-0.2, -0.15) is 0 Å². The van der Waals surface area contributed by atoms with Crippen LogP contribution in [0.4, 0.5) is 4.79 Å². The molecule has 3 rings (SSSR count). The molecule has 1 aliphatic rings. The number of hydrogen-bond acceptors (Lipinski definition) is 5. The Labute approximate surface area is 103 Å². The van der Waals surface area contributed by atoms with Crippen molar-refractivity contribution in [2.24, 2.45) is 0 Å². The van der Waals surface area contributed by atoms with Gasteiger partial charge in [0.2, 0.25) is 0 Å². The lowest BCUT2D eigenvalue weighted by molar-refractivity contribution is 0.0688. The van der Waals surface area contributed by atoms with Crippen LogP contribution in [0.1, 0.15) is 0 Å². The van der Waals surface area contributed by atoms with Crippen molar-refractivity contribution in [2.75, 3.05) is 13.1 Å². The Balaban J connectivity index is 0.00000108. The van der Waals surface area contributed by atoms with Crippen LogP contribution in [-0.2, 0) is 4.74 Å². The summed E-state index contributed by atoms with van der Waals surface area (Å²) in [5.74, 6) is 0. The van der Waals surface area contributed by atoms with Crippen molar-refractivity contribution in [3.63, 3.8) is 0 Å². The van der Waals surface area contributed by atoms with E-state index < -0.39 is 0 Å². The second-order valence-electron chi connectivity index (χ2n) is 3.65. The number of carbonyl (C=O) groups is 1. The van der Waals surface area contributed by atoms with Crippen LogP contribution >= 0.6 is 12.4 Å². The first-order chi connectivity index (χ1) is 7.84. The SMILES string of the molecule is Cl.O=C(OC1CNC1)n1ccc2cncnc21. The molecule has 0 saturated carbocycles. The van der Waals surface area contributed by atoms with Gasteiger partial charge in [0.15, 0.2) is 5.65 Å². The van der Waals surface area contributed by atoms with Crippen LogP contribution in [0.5, 0.6) is 0 Å². The Bertz CT molecular complexity index is 538. The van der Waals surface area contributed by atoms with Crippen LogP contribution in [-0.4, -0.2) is 39.8 Å². The van der Waals surface area contributed by atoms with E-state index in [0.29, 0.717) is 5.65 Å². The molecule has 0 spiro atoms. The molecular weight excluding hydrogens is 244 g/mol. The molecule has 1 fully saturated rings. The van der Waals surface area contributed by atoms with Crippen molar-refractivity contribution in [3.05, 3.63) is 24.8 Å². The van der Waals surface area contributed by atoms with Gasteiger partial charge in [0, 0.05) is 30.9 Å². The fourth-order valence-electron chi connectivity index (χ4n) is 1.57. The van der Waals surface area contributed by atoms with Crippen LogP contribution < -0.4 is 5.32 Å². The van der Waals surface area contributed by atoms with Crippen molar-refractivity contribution in [1.29, 1.82) is 0 Å². The van der Waals surface area contributed by atoms with Gasteiger partial charge >= 0.3 is 6.09 Å². The molecule has 0 atom stereocenters. The molecule has 1 N–H and O–H groups in total. The highest BCUT2D eigenvalue weighted by atomic mass is 35.5. The van der Waals surface area contributed by atoms with Gasteiger partial charge in [-0.15, -0.1) is 12.4 Å². The van der Waals surface area contributed by atoms with Gasteiger partial charge in [0.05, 0.1) is 0 Å². The number of fused-ring (bicyclic) bond motifs is 1. The third-order valence-electron chi connectivity index (χ3n) is 2.56. The van der Waals surface area contributed by atoms with Gasteiger partial charge in [0.1, 0.15) is 12.4 Å². The summed E-state index contributed by atoms with van der Waals surface area (Å²) in [6.45, 7) is 1.44. The highest BCUT2D eigenvalue weighted by Gasteiger charge is 2.22. The molecule has 0 unspecified atom stereocenters. The normalized spacial score (nSPS) is 15.1. The first-order valence-corrected chi connectivity index (χ1v) is 5.03. The van der Waals surface area contributed by atoms with Crippen molar-refractivity contribution < 1.29 is 9.53 Å². The molecular formula is C10H11ClN4O2. The molecule has 1 aliphatic heterocycles. The minimum Gasteiger partial charge on any atom is -0.443 e. The number of nitrogens with zero attached hydrogens (tertiary/aromatic N) is 3. The molecule has 1 saturated heterocycles. The van der Waals surface area contributed by atoms with Crippen molar-refractivity contribution in [2.45, 2.75) is 6.10 Å². The summed E-state index contributed by atoms with van der Waals surface area (Å²) in [5.41, 5.74) is 0.576. The lowest BCUT2D eigenvalue weighted by Gasteiger charge is -2.26. The first kappa shape index (κ1) is 11.8. The highest BCUT2D eigenvalue weighted by molar-refractivity contribution is 5.86. The highest BCUT2D eigenvalue weighted by Crippen LogP contribution is 2.12. The van der Waals surface area contributed by atoms with Crippen molar-refractivity contribution in [3.8, 4) is 0 Å². The van der Waals surface area contributed by atoms with E-state index in [0.717, 1.165) is 18.5 Å². The number of halogens is 1. The van der Waals surface area contributed by atoms with E-state index in [-0.39, 0.29) is 24.6 Å². The maximum absolute atomic E-state index is 11.8. The Kier molecular flexibility index (Phi) is 3.26. The van der Waals surface area contributed by atoms with Gasteiger partial charge in [-0.25, -0.2) is 19.3 Å². The Morgan fingerprint density at radius 3 is 3.06 bits per heavy atom. The summed E-state index contributed by atoms with van der Waals surface area (Å²) in [5, 5.41) is 3.86. The largest absolute Gasteiger partial charge is 0.443 e. The average Bonchev–Trinajstić information content (AvgIpc) is 2.67. The number of rotatable bonds is 1. The fourth-order valence-corrected chi connectivity index (χ4v) is 1.57. The summed E-state index contributed by atoms with van der Waals surface area (Å²) in [7, 11) is 0. The second-order valence-corrected chi connectivity index (χ2v) is 3.65. The zero-order chi connectivity index (χ0) is 11.0. The zero-order valence-electron chi connectivity index (χ0n) is 8.87. The lowest BCUT2D eigenvalue weighted by Crippen LogP contribution is -2.49. The van der Waals surface area contributed by atoms with Gasteiger partial charge < -0.3 is 10.1 Å². The molecule has 0 radical (unpaired) electrons. The number of carbonyl (C=O) groups excluding carboxylic acids is 1. The molecule has 0 aromatic carbocycles. The molecule has 0 bridgehead atoms. The zero-order valence-corrected chi connectivity index (χ0v) is 9.68. The summed E-state index contributed by atoms with van der Waals surface area (Å²) in [6, 6.07) is 1.79. The van der Waals surface area contributed by atoms with E-state index in [1.54, 1.807) is 18.5 Å². The third-order valence-corrected chi connectivity index (χ3v) is 2.56. The number of nitrogens with one attached hydrogen (secondary N) is 1. The van der Waals surface area contributed by atoms with Crippen LogP contribution in [0.3, 0.4) is 0 Å². The molecule has 2 aromatic rings. The van der Waals surface area contributed by atoms with Gasteiger partial charge in [-0.1, -0.05) is 0 Å². The lowest BCUT2D eigenvalue weighted by atomic mass is 10.2. The smallest absolute Gasteiger partial charge is 0.420 e. The van der Waals surface area contributed by atoms with Gasteiger partial charge in [-0.3, -0.25) is 0 Å². The van der Waals surface area contributed by atoms with Gasteiger partial charge in [-0.05, 0) is 6.07 Å². The maximum atomic E-state index is 11.8. The quantitative estimate of drug-likeness (QED) is 0.816. The molecule has 3 heterocycles. The monoisotopic (exact) mass is 254 g/mol. The summed E-state index contributed by atoms with van der Waals surface area (Å²) < 4.78 is 6.64. The summed E-state index contributed by atoms with van der Waals surface area (Å²) >= 11 is 0. The number of aromatic nitrogens is 3. The maximum Gasteiger partial charge on any atom is 0.420 e. The minimum atomic E-state index is -0.389. The van der Waals surface area contributed by atoms with E-state index in [1.807, 2.05) is 0 Å². The fraction of sp³-hybridized carbons (Fsp3) is 0.300.